The molecule has 2 heterocycles. The highest BCUT2D eigenvalue weighted by Crippen LogP contribution is 2.31. The number of guanidine groups is 1. The van der Waals surface area contributed by atoms with Gasteiger partial charge in [-0.1, -0.05) is 26.0 Å². The lowest BCUT2D eigenvalue weighted by Crippen LogP contribution is -2.56. The van der Waals surface area contributed by atoms with Crippen LogP contribution in [0.2, 0.25) is 0 Å². The Bertz CT molecular complexity index is 1070. The van der Waals surface area contributed by atoms with E-state index in [0.717, 1.165) is 12.0 Å². The van der Waals surface area contributed by atoms with Crippen LogP contribution in [-0.4, -0.2) is 68.0 Å². The summed E-state index contributed by atoms with van der Waals surface area (Å²) in [6.07, 6.45) is 2.17. The van der Waals surface area contributed by atoms with Gasteiger partial charge < -0.3 is 26.8 Å². The van der Waals surface area contributed by atoms with Gasteiger partial charge in [0.05, 0.1) is 5.69 Å². The predicted octanol–water partition coefficient (Wildman–Crippen LogP) is 0.703. The number of likely N-dealkylation sites (tertiary alicyclic amines) is 1. The third-order valence-electron chi connectivity index (χ3n) is 6.57. The second kappa shape index (κ2) is 11.3. The highest BCUT2D eigenvalue weighted by molar-refractivity contribution is 7.89. The van der Waals surface area contributed by atoms with Crippen molar-refractivity contribution in [3.63, 3.8) is 0 Å². The SMILES string of the molecule is CC1CNc2c(cccc2S(=O)(=O)N[C@@H](CCCN=C(N)N)C(=O)N2CC[C@@H](C)CC2C(=O)O)C1. The molecule has 11 nitrogen and oxygen atoms in total. The lowest BCUT2D eigenvalue weighted by Gasteiger charge is -2.38. The number of carbonyl (C=O) groups excluding carboxylic acids is 1. The molecule has 1 aromatic rings. The second-order valence-electron chi connectivity index (χ2n) is 9.62. The summed E-state index contributed by atoms with van der Waals surface area (Å²) in [6, 6.07) is 2.94. The summed E-state index contributed by atoms with van der Waals surface area (Å²) in [6.45, 7) is 5.14. The van der Waals surface area contributed by atoms with E-state index >= 15 is 0 Å². The molecule has 2 aliphatic heterocycles. The van der Waals surface area contributed by atoms with Crippen molar-refractivity contribution < 1.29 is 23.1 Å². The third kappa shape index (κ3) is 6.63. The maximum Gasteiger partial charge on any atom is 0.326 e. The summed E-state index contributed by atoms with van der Waals surface area (Å²) in [5, 5.41) is 12.9. The molecule has 2 unspecified atom stereocenters. The zero-order valence-electron chi connectivity index (χ0n) is 20.2. The van der Waals surface area contributed by atoms with E-state index in [1.807, 2.05) is 13.0 Å². The molecule has 0 bridgehead atoms. The number of hydrogen-bond acceptors (Lipinski definition) is 6. The summed E-state index contributed by atoms with van der Waals surface area (Å²) in [5.74, 6) is -1.22. The van der Waals surface area contributed by atoms with Gasteiger partial charge in [0, 0.05) is 19.6 Å². The van der Waals surface area contributed by atoms with Crippen molar-refractivity contribution in [3.05, 3.63) is 23.8 Å². The minimum absolute atomic E-state index is 0.0750. The van der Waals surface area contributed by atoms with E-state index < -0.39 is 34.0 Å². The first-order chi connectivity index (χ1) is 16.5. The zero-order valence-corrected chi connectivity index (χ0v) is 21.1. The van der Waals surface area contributed by atoms with Crippen molar-refractivity contribution in [2.24, 2.45) is 28.3 Å². The molecule has 1 fully saturated rings. The number of piperidine rings is 1. The Kier molecular flexibility index (Phi) is 8.60. The number of carboxylic acid groups (broad SMARTS) is 1. The van der Waals surface area contributed by atoms with E-state index in [-0.39, 0.29) is 36.3 Å². The van der Waals surface area contributed by atoms with Gasteiger partial charge in [0.2, 0.25) is 15.9 Å². The number of para-hydroxylation sites is 1. The summed E-state index contributed by atoms with van der Waals surface area (Å²) >= 11 is 0. The van der Waals surface area contributed by atoms with Crippen molar-refractivity contribution in [3.8, 4) is 0 Å². The van der Waals surface area contributed by atoms with Gasteiger partial charge >= 0.3 is 5.97 Å². The number of anilines is 1. The summed E-state index contributed by atoms with van der Waals surface area (Å²) in [7, 11) is -4.10. The van der Waals surface area contributed by atoms with Crippen LogP contribution in [0, 0.1) is 11.8 Å². The van der Waals surface area contributed by atoms with Gasteiger partial charge in [-0.2, -0.15) is 4.72 Å². The number of hydrogen-bond donors (Lipinski definition) is 5. The van der Waals surface area contributed by atoms with Gasteiger partial charge in [-0.05, 0) is 55.6 Å². The summed E-state index contributed by atoms with van der Waals surface area (Å²) < 4.78 is 29.5. The van der Waals surface area contributed by atoms with E-state index in [2.05, 4.69) is 22.0 Å². The van der Waals surface area contributed by atoms with Crippen LogP contribution in [-0.2, 0) is 26.0 Å². The molecule has 0 spiro atoms. The molecule has 1 aromatic carbocycles. The Morgan fingerprint density at radius 3 is 2.71 bits per heavy atom. The maximum absolute atomic E-state index is 13.5. The topological polar surface area (TPSA) is 180 Å². The maximum atomic E-state index is 13.5. The van der Waals surface area contributed by atoms with Crippen molar-refractivity contribution >= 4 is 33.5 Å². The second-order valence-corrected chi connectivity index (χ2v) is 11.3. The van der Waals surface area contributed by atoms with E-state index in [1.165, 1.54) is 11.0 Å². The van der Waals surface area contributed by atoms with Gasteiger partial charge in [0.25, 0.3) is 0 Å². The summed E-state index contributed by atoms with van der Waals surface area (Å²) in [5.41, 5.74) is 12.2. The quantitative estimate of drug-likeness (QED) is 0.184. The van der Waals surface area contributed by atoms with Crippen molar-refractivity contribution in [1.29, 1.82) is 0 Å². The first-order valence-corrected chi connectivity index (χ1v) is 13.4. The number of amides is 1. The molecule has 0 aliphatic carbocycles. The molecule has 194 valence electrons. The molecule has 0 radical (unpaired) electrons. The third-order valence-corrected chi connectivity index (χ3v) is 8.09. The molecule has 7 N–H and O–H groups in total. The molecule has 1 saturated heterocycles. The van der Waals surface area contributed by atoms with Crippen LogP contribution in [0.15, 0.2) is 28.1 Å². The molecule has 2 aliphatic rings. The number of aliphatic carboxylic acids is 1. The number of carboxylic acids is 1. The highest BCUT2D eigenvalue weighted by Gasteiger charge is 2.39. The molecular weight excluding hydrogens is 472 g/mol. The van der Waals surface area contributed by atoms with Crippen molar-refractivity contribution in [1.82, 2.24) is 9.62 Å². The van der Waals surface area contributed by atoms with Gasteiger partial charge in [0.1, 0.15) is 17.0 Å². The number of nitrogens with zero attached hydrogens (tertiary/aromatic N) is 2. The van der Waals surface area contributed by atoms with Crippen LogP contribution in [0.5, 0.6) is 0 Å². The monoisotopic (exact) mass is 508 g/mol. The van der Waals surface area contributed by atoms with Crippen LogP contribution in [0.25, 0.3) is 0 Å². The van der Waals surface area contributed by atoms with E-state index in [4.69, 9.17) is 11.5 Å². The number of nitrogens with one attached hydrogen (secondary N) is 2. The van der Waals surface area contributed by atoms with Gasteiger partial charge in [0.15, 0.2) is 5.96 Å². The average molecular weight is 509 g/mol. The first kappa shape index (κ1) is 26.7. The Morgan fingerprint density at radius 2 is 2.03 bits per heavy atom. The van der Waals surface area contributed by atoms with E-state index in [9.17, 15) is 23.1 Å². The Labute approximate surface area is 206 Å². The lowest BCUT2D eigenvalue weighted by atomic mass is 9.91. The highest BCUT2D eigenvalue weighted by atomic mass is 32.2. The van der Waals surface area contributed by atoms with Gasteiger partial charge in [-0.3, -0.25) is 9.79 Å². The Hall–Kier alpha value is -2.86. The van der Waals surface area contributed by atoms with Crippen LogP contribution in [0.4, 0.5) is 5.69 Å². The number of nitrogens with two attached hydrogens (primary N) is 2. The van der Waals surface area contributed by atoms with Crippen molar-refractivity contribution in [2.75, 3.05) is 25.0 Å². The average Bonchev–Trinajstić information content (AvgIpc) is 2.79. The molecular formula is C23H36N6O5S. The predicted molar refractivity (Wildman–Crippen MR) is 133 cm³/mol. The molecule has 4 atom stereocenters. The fourth-order valence-corrected chi connectivity index (χ4v) is 6.17. The smallest absolute Gasteiger partial charge is 0.326 e. The van der Waals surface area contributed by atoms with Crippen LogP contribution < -0.4 is 21.5 Å². The van der Waals surface area contributed by atoms with E-state index in [0.29, 0.717) is 37.4 Å². The number of aliphatic imine (C=N–C) groups is 1. The van der Waals surface area contributed by atoms with Gasteiger partial charge in [-0.15, -0.1) is 0 Å². The van der Waals surface area contributed by atoms with Crippen molar-refractivity contribution in [2.45, 2.75) is 62.9 Å². The zero-order chi connectivity index (χ0) is 25.8. The number of rotatable bonds is 9. The fraction of sp³-hybridized carbons (Fsp3) is 0.609. The van der Waals surface area contributed by atoms with Gasteiger partial charge in [-0.25, -0.2) is 13.2 Å². The number of carbonyl (C=O) groups is 2. The number of fused-ring (bicyclic) bond motifs is 1. The molecule has 0 aromatic heterocycles. The Balaban J connectivity index is 1.88. The molecule has 35 heavy (non-hydrogen) atoms. The number of sulfonamides is 1. The van der Waals surface area contributed by atoms with Crippen LogP contribution >= 0.6 is 0 Å². The molecule has 12 heteroatoms. The Morgan fingerprint density at radius 1 is 1.29 bits per heavy atom. The largest absolute Gasteiger partial charge is 0.480 e. The van der Waals surface area contributed by atoms with Crippen LogP contribution in [0.3, 0.4) is 0 Å². The molecule has 0 saturated carbocycles. The molecule has 1 amide bonds. The minimum atomic E-state index is -4.10. The number of benzene rings is 1. The standard InChI is InChI=1S/C23H36N6O5S/c1-14-8-10-29(18(12-14)22(31)32)21(30)17(6-4-9-26-23(24)25)28-35(33,34)19-7-3-5-16-11-15(2)13-27-20(16)19/h3,5,7,14-15,17-18,27-28H,4,6,8-13H2,1-2H3,(H,31,32)(H4,24,25,26)/t14-,15?,17+,18?/m1/s1. The lowest BCUT2D eigenvalue weighted by molar-refractivity contribution is -0.153. The summed E-state index contributed by atoms with van der Waals surface area (Å²) in [4.78, 5) is 30.7. The van der Waals surface area contributed by atoms with E-state index in [1.54, 1.807) is 6.07 Å². The first-order valence-electron chi connectivity index (χ1n) is 12.0. The minimum Gasteiger partial charge on any atom is -0.480 e. The molecule has 3 rings (SSSR count). The fourth-order valence-electron chi connectivity index (χ4n) is 4.72. The van der Waals surface area contributed by atoms with Crippen LogP contribution in [0.1, 0.15) is 45.1 Å². The normalized spacial score (nSPS) is 23.0.